The molecule has 0 radical (unpaired) electrons. The van der Waals surface area contributed by atoms with Crippen LogP contribution in [0.3, 0.4) is 0 Å². The molecule has 1 atom stereocenters. The van der Waals surface area contributed by atoms with Gasteiger partial charge in [0.25, 0.3) is 0 Å². The Morgan fingerprint density at radius 2 is 2.06 bits per heavy atom. The van der Waals surface area contributed by atoms with E-state index in [2.05, 4.69) is 35.6 Å². The lowest BCUT2D eigenvalue weighted by molar-refractivity contribution is 0.101. The normalized spacial score (nSPS) is 13.2. The van der Waals surface area contributed by atoms with Gasteiger partial charge < -0.3 is 15.0 Å². The second-order valence-electron chi connectivity index (χ2n) is 4.45. The van der Waals surface area contributed by atoms with E-state index in [1.165, 1.54) is 5.69 Å². The van der Waals surface area contributed by atoms with Crippen molar-refractivity contribution in [1.29, 1.82) is 0 Å². The van der Waals surface area contributed by atoms with Crippen LogP contribution in [0.5, 0.6) is 0 Å². The molecule has 4 nitrogen and oxygen atoms in total. The van der Waals surface area contributed by atoms with Crippen LogP contribution in [0, 0.1) is 5.92 Å². The number of aliphatic hydroxyl groups excluding tert-OH is 1. The van der Waals surface area contributed by atoms with Crippen LogP contribution in [0.25, 0.3) is 0 Å². The fourth-order valence-electron chi connectivity index (χ4n) is 2.13. The third-order valence-electron chi connectivity index (χ3n) is 3.39. The fraction of sp³-hybridized carbons (Fsp3) is 0.769. The van der Waals surface area contributed by atoms with E-state index < -0.39 is 0 Å². The Labute approximate surface area is 104 Å². The minimum atomic E-state index is -0.247. The molecule has 0 saturated heterocycles. The summed E-state index contributed by atoms with van der Waals surface area (Å²) in [5.74, 6) is 0.401. The summed E-state index contributed by atoms with van der Waals surface area (Å²) in [5.41, 5.74) is 1.17. The van der Waals surface area contributed by atoms with Crippen LogP contribution in [-0.4, -0.2) is 27.3 Å². The summed E-state index contributed by atoms with van der Waals surface area (Å²) < 4.78 is 2.11. The number of hydrogen-bond acceptors (Lipinski definition) is 3. The molecule has 4 heteroatoms. The fourth-order valence-corrected chi connectivity index (χ4v) is 2.13. The molecule has 0 aliphatic rings. The Hall–Kier alpha value is -0.870. The van der Waals surface area contributed by atoms with Crippen molar-refractivity contribution in [3.8, 4) is 0 Å². The molecule has 1 aromatic rings. The van der Waals surface area contributed by atoms with E-state index in [1.807, 2.05) is 12.5 Å². The van der Waals surface area contributed by atoms with Gasteiger partial charge in [0.05, 0.1) is 18.1 Å². The number of aliphatic hydroxyl groups is 1. The van der Waals surface area contributed by atoms with E-state index >= 15 is 0 Å². The van der Waals surface area contributed by atoms with Crippen molar-refractivity contribution in [2.75, 3.05) is 6.54 Å². The molecule has 0 aliphatic heterocycles. The number of nitrogens with one attached hydrogen (secondary N) is 1. The molecule has 0 bridgehead atoms. The zero-order chi connectivity index (χ0) is 12.7. The molecule has 0 amide bonds. The number of hydrogen-bond donors (Lipinski definition) is 2. The number of rotatable bonds is 8. The van der Waals surface area contributed by atoms with Crippen molar-refractivity contribution in [2.45, 2.75) is 52.8 Å². The van der Waals surface area contributed by atoms with Crippen LogP contribution in [0.1, 0.15) is 39.3 Å². The summed E-state index contributed by atoms with van der Waals surface area (Å²) in [6.45, 7) is 8.72. The van der Waals surface area contributed by atoms with E-state index in [0.717, 1.165) is 25.9 Å². The smallest absolute Gasteiger partial charge is 0.0948 e. The van der Waals surface area contributed by atoms with Gasteiger partial charge in [-0.1, -0.05) is 26.7 Å². The Morgan fingerprint density at radius 1 is 1.35 bits per heavy atom. The van der Waals surface area contributed by atoms with E-state index in [9.17, 15) is 5.11 Å². The first kappa shape index (κ1) is 14.2. The van der Waals surface area contributed by atoms with Crippen molar-refractivity contribution in [2.24, 2.45) is 5.92 Å². The molecule has 1 aromatic heterocycles. The van der Waals surface area contributed by atoms with Gasteiger partial charge in [-0.2, -0.15) is 0 Å². The summed E-state index contributed by atoms with van der Waals surface area (Å²) in [6, 6.07) is 0. The molecule has 0 saturated carbocycles. The van der Waals surface area contributed by atoms with Gasteiger partial charge in [-0.15, -0.1) is 0 Å². The number of aromatic nitrogens is 2. The molecule has 2 N–H and O–H groups in total. The highest BCUT2D eigenvalue weighted by Crippen LogP contribution is 2.12. The first-order chi connectivity index (χ1) is 8.22. The summed E-state index contributed by atoms with van der Waals surface area (Å²) in [5, 5.41) is 13.3. The molecule has 1 rings (SSSR count). The van der Waals surface area contributed by atoms with Crippen LogP contribution in [0.2, 0.25) is 0 Å². The number of imidazole rings is 1. The van der Waals surface area contributed by atoms with Gasteiger partial charge in [-0.25, -0.2) is 4.98 Å². The van der Waals surface area contributed by atoms with Crippen LogP contribution < -0.4 is 5.32 Å². The summed E-state index contributed by atoms with van der Waals surface area (Å²) >= 11 is 0. The monoisotopic (exact) mass is 239 g/mol. The number of aryl methyl sites for hydroxylation is 1. The average molecular weight is 239 g/mol. The largest absolute Gasteiger partial charge is 0.392 e. The zero-order valence-corrected chi connectivity index (χ0v) is 11.2. The van der Waals surface area contributed by atoms with Gasteiger partial charge in [0.15, 0.2) is 0 Å². The van der Waals surface area contributed by atoms with Gasteiger partial charge in [0, 0.05) is 25.8 Å². The van der Waals surface area contributed by atoms with Crippen LogP contribution in [0.4, 0.5) is 0 Å². The van der Waals surface area contributed by atoms with Crippen molar-refractivity contribution in [3.05, 3.63) is 18.2 Å². The van der Waals surface area contributed by atoms with Crippen LogP contribution in [-0.2, 0) is 13.1 Å². The van der Waals surface area contributed by atoms with Crippen molar-refractivity contribution >= 4 is 0 Å². The maximum atomic E-state index is 9.98. The second-order valence-corrected chi connectivity index (χ2v) is 4.45. The summed E-state index contributed by atoms with van der Waals surface area (Å²) in [7, 11) is 0. The third-order valence-corrected chi connectivity index (χ3v) is 3.39. The number of nitrogens with zero attached hydrogens (tertiary/aromatic N) is 2. The minimum Gasteiger partial charge on any atom is -0.392 e. The molecule has 17 heavy (non-hydrogen) atoms. The second kappa shape index (κ2) is 7.45. The maximum absolute atomic E-state index is 9.98. The molecule has 0 aliphatic carbocycles. The highest BCUT2D eigenvalue weighted by atomic mass is 16.3. The molecule has 0 spiro atoms. The molecular formula is C13H25N3O. The quantitative estimate of drug-likeness (QED) is 0.727. The standard InChI is InChI=1S/C13H25N3O/c1-4-11(5-2)13(17)9-14-7-12-8-15-10-16(12)6-3/h8,10-11,13-14,17H,4-7,9H2,1-3H3. The SMILES string of the molecule is CCC(CC)C(O)CNCc1cncn1CC. The van der Waals surface area contributed by atoms with Gasteiger partial charge in [0.2, 0.25) is 0 Å². The van der Waals surface area contributed by atoms with Crippen LogP contribution in [0.15, 0.2) is 12.5 Å². The highest BCUT2D eigenvalue weighted by Gasteiger charge is 2.14. The van der Waals surface area contributed by atoms with Gasteiger partial charge >= 0.3 is 0 Å². The van der Waals surface area contributed by atoms with Gasteiger partial charge in [0.1, 0.15) is 0 Å². The first-order valence-electron chi connectivity index (χ1n) is 6.60. The van der Waals surface area contributed by atoms with E-state index in [0.29, 0.717) is 12.5 Å². The lowest BCUT2D eigenvalue weighted by Gasteiger charge is -2.20. The van der Waals surface area contributed by atoms with Crippen molar-refractivity contribution in [1.82, 2.24) is 14.9 Å². The Morgan fingerprint density at radius 3 is 2.65 bits per heavy atom. The highest BCUT2D eigenvalue weighted by molar-refractivity contribution is 4.97. The Balaban J connectivity index is 2.32. The lowest BCUT2D eigenvalue weighted by Crippen LogP contribution is -2.32. The minimum absolute atomic E-state index is 0.247. The van der Waals surface area contributed by atoms with Crippen LogP contribution >= 0.6 is 0 Å². The molecule has 1 unspecified atom stereocenters. The molecule has 0 aromatic carbocycles. The van der Waals surface area contributed by atoms with E-state index in [1.54, 1.807) is 0 Å². The Kier molecular flexibility index (Phi) is 6.22. The lowest BCUT2D eigenvalue weighted by atomic mass is 9.96. The zero-order valence-electron chi connectivity index (χ0n) is 11.2. The predicted octanol–water partition coefficient (Wildman–Crippen LogP) is 1.79. The summed E-state index contributed by atoms with van der Waals surface area (Å²) in [6.07, 6.45) is 5.54. The van der Waals surface area contributed by atoms with E-state index in [-0.39, 0.29) is 6.10 Å². The van der Waals surface area contributed by atoms with Crippen molar-refractivity contribution < 1.29 is 5.11 Å². The average Bonchev–Trinajstić information content (AvgIpc) is 2.78. The third kappa shape index (κ3) is 4.13. The molecular weight excluding hydrogens is 214 g/mol. The molecule has 98 valence electrons. The summed E-state index contributed by atoms with van der Waals surface area (Å²) in [4.78, 5) is 4.12. The first-order valence-corrected chi connectivity index (χ1v) is 6.60. The van der Waals surface area contributed by atoms with Gasteiger partial charge in [-0.05, 0) is 12.8 Å². The molecule has 0 fully saturated rings. The topological polar surface area (TPSA) is 50.1 Å². The van der Waals surface area contributed by atoms with E-state index in [4.69, 9.17) is 0 Å². The Bertz CT molecular complexity index is 307. The van der Waals surface area contributed by atoms with Gasteiger partial charge in [-0.3, -0.25) is 0 Å². The predicted molar refractivity (Wildman–Crippen MR) is 69.7 cm³/mol. The maximum Gasteiger partial charge on any atom is 0.0948 e. The molecule has 1 heterocycles. The van der Waals surface area contributed by atoms with Crippen molar-refractivity contribution in [3.63, 3.8) is 0 Å².